The Morgan fingerprint density at radius 3 is 2.20 bits per heavy atom. The summed E-state index contributed by atoms with van der Waals surface area (Å²) in [5, 5.41) is 0. The fourth-order valence-corrected chi connectivity index (χ4v) is 2.61. The second kappa shape index (κ2) is 6.13. The second-order valence-electron chi connectivity index (χ2n) is 5.47. The van der Waals surface area contributed by atoms with E-state index >= 15 is 0 Å². The molecule has 0 spiro atoms. The molecule has 1 amide bonds. The van der Waals surface area contributed by atoms with Crippen LogP contribution < -0.4 is 11.5 Å². The third kappa shape index (κ3) is 3.22. The summed E-state index contributed by atoms with van der Waals surface area (Å²) in [6.45, 7) is 7.81. The summed E-state index contributed by atoms with van der Waals surface area (Å²) in [6, 6.07) is 5.63. The number of anilines is 2. The molecule has 1 atom stereocenters. The molecule has 4 N–H and O–H groups in total. The summed E-state index contributed by atoms with van der Waals surface area (Å²) >= 11 is 0. The zero-order valence-electron chi connectivity index (χ0n) is 12.3. The van der Waals surface area contributed by atoms with Gasteiger partial charge in [0.15, 0.2) is 0 Å². The standard InChI is InChI=1S/C15H24N4O/c1-3-11(2)18-4-6-19(7-5-18)15(20)12-8-13(16)10-14(17)9-12/h8-11H,3-7,16-17H2,1-2H3. The van der Waals surface area contributed by atoms with Crippen LogP contribution in [0.3, 0.4) is 0 Å². The number of rotatable bonds is 3. The van der Waals surface area contributed by atoms with Gasteiger partial charge in [0.25, 0.3) is 5.91 Å². The molecule has 2 rings (SSSR count). The van der Waals surface area contributed by atoms with Gasteiger partial charge in [-0.2, -0.15) is 0 Å². The number of nitrogen functional groups attached to an aromatic ring is 2. The summed E-state index contributed by atoms with van der Waals surface area (Å²) in [5.41, 5.74) is 13.1. The molecule has 1 fully saturated rings. The predicted molar refractivity (Wildman–Crippen MR) is 82.5 cm³/mol. The first kappa shape index (κ1) is 14.7. The minimum Gasteiger partial charge on any atom is -0.399 e. The topological polar surface area (TPSA) is 75.6 Å². The quantitative estimate of drug-likeness (QED) is 0.818. The van der Waals surface area contributed by atoms with Crippen LogP contribution in [0.4, 0.5) is 11.4 Å². The number of amides is 1. The van der Waals surface area contributed by atoms with Crippen molar-refractivity contribution in [3.8, 4) is 0 Å². The van der Waals surface area contributed by atoms with Gasteiger partial charge in [0.2, 0.25) is 0 Å². The Morgan fingerprint density at radius 1 is 1.15 bits per heavy atom. The number of nitrogens with two attached hydrogens (primary N) is 2. The average Bonchev–Trinajstić information content (AvgIpc) is 2.45. The van der Waals surface area contributed by atoms with E-state index in [9.17, 15) is 4.79 Å². The van der Waals surface area contributed by atoms with E-state index in [4.69, 9.17) is 11.5 Å². The third-order valence-corrected chi connectivity index (χ3v) is 4.04. The lowest BCUT2D eigenvalue weighted by Crippen LogP contribution is -2.51. The van der Waals surface area contributed by atoms with Crippen LogP contribution in [0.2, 0.25) is 0 Å². The van der Waals surface area contributed by atoms with E-state index in [1.807, 2.05) is 4.90 Å². The van der Waals surface area contributed by atoms with Gasteiger partial charge in [-0.1, -0.05) is 6.92 Å². The molecular formula is C15H24N4O. The maximum atomic E-state index is 12.4. The minimum absolute atomic E-state index is 0.0211. The summed E-state index contributed by atoms with van der Waals surface area (Å²) in [4.78, 5) is 16.8. The van der Waals surface area contributed by atoms with E-state index in [1.54, 1.807) is 18.2 Å². The first-order valence-electron chi connectivity index (χ1n) is 7.20. The maximum Gasteiger partial charge on any atom is 0.254 e. The highest BCUT2D eigenvalue weighted by atomic mass is 16.2. The molecule has 1 unspecified atom stereocenters. The molecular weight excluding hydrogens is 252 g/mol. The smallest absolute Gasteiger partial charge is 0.254 e. The molecule has 0 bridgehead atoms. The first-order chi connectivity index (χ1) is 9.51. The van der Waals surface area contributed by atoms with Gasteiger partial charge >= 0.3 is 0 Å². The Balaban J connectivity index is 2.01. The van der Waals surface area contributed by atoms with Crippen LogP contribution in [0.1, 0.15) is 30.6 Å². The molecule has 20 heavy (non-hydrogen) atoms. The number of nitrogens with zero attached hydrogens (tertiary/aromatic N) is 2. The number of piperazine rings is 1. The number of hydrogen-bond acceptors (Lipinski definition) is 4. The van der Waals surface area contributed by atoms with Gasteiger partial charge in [0, 0.05) is 49.2 Å². The first-order valence-corrected chi connectivity index (χ1v) is 7.20. The van der Waals surface area contributed by atoms with Crippen LogP contribution in [0.5, 0.6) is 0 Å². The van der Waals surface area contributed by atoms with Crippen LogP contribution >= 0.6 is 0 Å². The summed E-state index contributed by atoms with van der Waals surface area (Å²) < 4.78 is 0. The van der Waals surface area contributed by atoms with E-state index in [2.05, 4.69) is 18.7 Å². The van der Waals surface area contributed by atoms with Crippen LogP contribution in [-0.4, -0.2) is 47.9 Å². The van der Waals surface area contributed by atoms with Crippen LogP contribution in [-0.2, 0) is 0 Å². The fraction of sp³-hybridized carbons (Fsp3) is 0.533. The molecule has 1 aliphatic heterocycles. The number of hydrogen-bond donors (Lipinski definition) is 2. The van der Waals surface area contributed by atoms with Gasteiger partial charge in [0.1, 0.15) is 0 Å². The van der Waals surface area contributed by atoms with Crippen LogP contribution in [0.25, 0.3) is 0 Å². The van der Waals surface area contributed by atoms with Crippen molar-refractivity contribution >= 4 is 17.3 Å². The van der Waals surface area contributed by atoms with E-state index in [-0.39, 0.29) is 5.91 Å². The molecule has 0 aromatic heterocycles. The Hall–Kier alpha value is -1.75. The molecule has 5 nitrogen and oxygen atoms in total. The Morgan fingerprint density at radius 2 is 1.70 bits per heavy atom. The maximum absolute atomic E-state index is 12.4. The van der Waals surface area contributed by atoms with E-state index in [1.165, 1.54) is 0 Å². The zero-order valence-corrected chi connectivity index (χ0v) is 12.3. The monoisotopic (exact) mass is 276 g/mol. The van der Waals surface area contributed by atoms with Crippen molar-refractivity contribution in [1.29, 1.82) is 0 Å². The number of benzene rings is 1. The van der Waals surface area contributed by atoms with Gasteiger partial charge in [-0.3, -0.25) is 9.69 Å². The third-order valence-electron chi connectivity index (χ3n) is 4.04. The van der Waals surface area contributed by atoms with E-state index in [0.29, 0.717) is 23.0 Å². The second-order valence-corrected chi connectivity index (χ2v) is 5.47. The normalized spacial score (nSPS) is 18.0. The van der Waals surface area contributed by atoms with Crippen molar-refractivity contribution in [3.05, 3.63) is 23.8 Å². The SMILES string of the molecule is CCC(C)N1CCN(C(=O)c2cc(N)cc(N)c2)CC1. The highest BCUT2D eigenvalue weighted by Gasteiger charge is 2.24. The molecule has 1 aliphatic rings. The largest absolute Gasteiger partial charge is 0.399 e. The summed E-state index contributed by atoms with van der Waals surface area (Å²) in [7, 11) is 0. The van der Waals surface area contributed by atoms with Gasteiger partial charge < -0.3 is 16.4 Å². The van der Waals surface area contributed by atoms with Crippen molar-refractivity contribution in [2.24, 2.45) is 0 Å². The average molecular weight is 276 g/mol. The van der Waals surface area contributed by atoms with Crippen molar-refractivity contribution < 1.29 is 4.79 Å². The van der Waals surface area contributed by atoms with Crippen molar-refractivity contribution in [2.75, 3.05) is 37.6 Å². The lowest BCUT2D eigenvalue weighted by atomic mass is 10.1. The van der Waals surface area contributed by atoms with E-state index < -0.39 is 0 Å². The van der Waals surface area contributed by atoms with Crippen molar-refractivity contribution in [1.82, 2.24) is 9.80 Å². The minimum atomic E-state index is 0.0211. The van der Waals surface area contributed by atoms with Gasteiger partial charge in [-0.25, -0.2) is 0 Å². The Bertz CT molecular complexity index is 461. The molecule has 0 radical (unpaired) electrons. The molecule has 0 saturated carbocycles. The zero-order chi connectivity index (χ0) is 14.7. The highest BCUT2D eigenvalue weighted by molar-refractivity contribution is 5.96. The molecule has 1 aromatic carbocycles. The lowest BCUT2D eigenvalue weighted by molar-refractivity contribution is 0.0580. The fourth-order valence-electron chi connectivity index (χ4n) is 2.61. The molecule has 0 aliphatic carbocycles. The van der Waals surface area contributed by atoms with Gasteiger partial charge in [-0.05, 0) is 31.5 Å². The Labute approximate surface area is 120 Å². The molecule has 1 aromatic rings. The number of carbonyl (C=O) groups is 1. The van der Waals surface area contributed by atoms with Crippen LogP contribution in [0, 0.1) is 0 Å². The Kier molecular flexibility index (Phi) is 4.49. The summed E-state index contributed by atoms with van der Waals surface area (Å²) in [6.07, 6.45) is 1.14. The predicted octanol–water partition coefficient (Wildman–Crippen LogP) is 1.41. The molecule has 1 heterocycles. The lowest BCUT2D eigenvalue weighted by Gasteiger charge is -2.37. The molecule has 5 heteroatoms. The van der Waals surface area contributed by atoms with Gasteiger partial charge in [0.05, 0.1) is 0 Å². The number of carbonyl (C=O) groups excluding carboxylic acids is 1. The molecule has 1 saturated heterocycles. The van der Waals surface area contributed by atoms with Crippen LogP contribution in [0.15, 0.2) is 18.2 Å². The van der Waals surface area contributed by atoms with E-state index in [0.717, 1.165) is 32.6 Å². The van der Waals surface area contributed by atoms with Gasteiger partial charge in [-0.15, -0.1) is 0 Å². The van der Waals surface area contributed by atoms with Crippen molar-refractivity contribution in [2.45, 2.75) is 26.3 Å². The molecule has 110 valence electrons. The highest BCUT2D eigenvalue weighted by Crippen LogP contribution is 2.17. The van der Waals surface area contributed by atoms with Crippen molar-refractivity contribution in [3.63, 3.8) is 0 Å². The summed E-state index contributed by atoms with van der Waals surface area (Å²) in [5.74, 6) is 0.0211.